The molecule has 0 radical (unpaired) electrons. The maximum atomic E-state index is 12.1. The van der Waals surface area contributed by atoms with Crippen LogP contribution in [0.3, 0.4) is 0 Å². The number of ketones is 1. The van der Waals surface area contributed by atoms with E-state index in [9.17, 15) is 15.0 Å². The van der Waals surface area contributed by atoms with Crippen LogP contribution >= 0.6 is 0 Å². The van der Waals surface area contributed by atoms with Crippen LogP contribution in [-0.4, -0.2) is 28.7 Å². The molecule has 0 aliphatic heterocycles. The highest BCUT2D eigenvalue weighted by atomic mass is 16.3. The quantitative estimate of drug-likeness (QED) is 0.797. The van der Waals surface area contributed by atoms with E-state index in [1.54, 1.807) is 5.57 Å². The number of rotatable bonds is 3. The van der Waals surface area contributed by atoms with Crippen molar-refractivity contribution in [2.24, 2.45) is 17.3 Å². The van der Waals surface area contributed by atoms with Gasteiger partial charge in [0.15, 0.2) is 5.78 Å². The lowest BCUT2D eigenvalue weighted by molar-refractivity contribution is -0.114. The van der Waals surface area contributed by atoms with Crippen molar-refractivity contribution in [2.75, 3.05) is 6.61 Å². The number of hydrogen-bond acceptors (Lipinski definition) is 3. The van der Waals surface area contributed by atoms with Crippen LogP contribution in [0, 0.1) is 17.3 Å². The molecule has 5 atom stereocenters. The summed E-state index contributed by atoms with van der Waals surface area (Å²) >= 11 is 0. The van der Waals surface area contributed by atoms with Gasteiger partial charge in [0.2, 0.25) is 0 Å². The number of aliphatic hydroxyl groups excluding tert-OH is 2. The number of fused-ring (bicyclic) bond motifs is 4. The van der Waals surface area contributed by atoms with Crippen molar-refractivity contribution in [1.82, 2.24) is 0 Å². The second-order valence-electron chi connectivity index (χ2n) is 9.89. The molecule has 29 heavy (non-hydrogen) atoms. The van der Waals surface area contributed by atoms with Gasteiger partial charge in [-0.2, -0.15) is 0 Å². The van der Waals surface area contributed by atoms with Gasteiger partial charge in [-0.1, -0.05) is 36.8 Å². The molecule has 1 aromatic carbocycles. The average molecular weight is 393 g/mol. The zero-order valence-electron chi connectivity index (χ0n) is 17.4. The minimum atomic E-state index is -0.208. The van der Waals surface area contributed by atoms with Crippen molar-refractivity contribution in [3.05, 3.63) is 58.2 Å². The molecule has 0 heterocycles. The Morgan fingerprint density at radius 3 is 2.62 bits per heavy atom. The van der Waals surface area contributed by atoms with Crippen LogP contribution in [-0.2, 0) is 11.2 Å². The molecule has 2 saturated carbocycles. The number of carbonyl (C=O) groups is 1. The van der Waals surface area contributed by atoms with Crippen molar-refractivity contribution >= 4 is 5.78 Å². The predicted molar refractivity (Wildman–Crippen MR) is 114 cm³/mol. The Morgan fingerprint density at radius 1 is 1.07 bits per heavy atom. The molecule has 154 valence electrons. The van der Waals surface area contributed by atoms with E-state index >= 15 is 0 Å². The molecule has 4 aliphatic rings. The van der Waals surface area contributed by atoms with Gasteiger partial charge in [-0.05, 0) is 90.5 Å². The molecule has 1 aromatic rings. The summed E-state index contributed by atoms with van der Waals surface area (Å²) in [5, 5.41) is 20.2. The zero-order valence-corrected chi connectivity index (χ0v) is 17.4. The van der Waals surface area contributed by atoms with Crippen LogP contribution in [0.25, 0.3) is 0 Å². The minimum Gasteiger partial charge on any atom is -0.396 e. The fourth-order valence-electron chi connectivity index (χ4n) is 6.98. The highest BCUT2D eigenvalue weighted by Gasteiger charge is 2.56. The third-order valence-electron chi connectivity index (χ3n) is 8.46. The van der Waals surface area contributed by atoms with E-state index in [0.717, 1.165) is 38.5 Å². The molecule has 5 rings (SSSR count). The number of benzene rings is 1. The van der Waals surface area contributed by atoms with Gasteiger partial charge in [-0.3, -0.25) is 4.79 Å². The Bertz CT molecular complexity index is 878. The normalized spacial score (nSPS) is 36.4. The van der Waals surface area contributed by atoms with E-state index in [-0.39, 0.29) is 23.9 Å². The lowest BCUT2D eigenvalue weighted by Gasteiger charge is -2.52. The second-order valence-corrected chi connectivity index (χ2v) is 9.89. The summed E-state index contributed by atoms with van der Waals surface area (Å²) in [5.41, 5.74) is 6.82. The minimum absolute atomic E-state index is 0.0190. The Morgan fingerprint density at radius 2 is 1.86 bits per heavy atom. The number of carbonyl (C=O) groups excluding carboxylic acids is 1. The largest absolute Gasteiger partial charge is 0.396 e. The first-order chi connectivity index (χ1) is 14.0. The first kappa shape index (κ1) is 19.3. The molecular formula is C26H32O3. The van der Waals surface area contributed by atoms with E-state index in [1.165, 1.54) is 22.3 Å². The van der Waals surface area contributed by atoms with Gasteiger partial charge in [0.05, 0.1) is 6.10 Å². The average Bonchev–Trinajstić information content (AvgIpc) is 3.02. The highest BCUT2D eigenvalue weighted by molar-refractivity contribution is 5.93. The molecule has 1 unspecified atom stereocenters. The van der Waals surface area contributed by atoms with Crippen LogP contribution in [0.1, 0.15) is 68.9 Å². The van der Waals surface area contributed by atoms with Crippen LogP contribution in [0.4, 0.5) is 0 Å². The SMILES string of the molecule is C[C@]12C[C@H](c3ccc(CCO)cc3)C3=C4CCC(=O)C=C4CC[C@H]3[C@@H]1CCC2O. The van der Waals surface area contributed by atoms with Gasteiger partial charge in [0, 0.05) is 18.9 Å². The lowest BCUT2D eigenvalue weighted by atomic mass is 9.53. The zero-order chi connectivity index (χ0) is 20.2. The first-order valence-electron chi connectivity index (χ1n) is 11.4. The standard InChI is InChI=1S/C26H32O3/c1-26-15-22(17-4-2-16(3-5-17)12-13-27)25-20-9-7-19(28)14-18(20)6-8-21(25)23(26)10-11-24(26)29/h2-5,14,21-24,27,29H,6-13,15H2,1H3/t21-,22+,23-,24?,26-/m0/s1. The molecule has 3 nitrogen and oxygen atoms in total. The molecule has 2 fully saturated rings. The fourth-order valence-corrected chi connectivity index (χ4v) is 6.98. The Balaban J connectivity index is 1.62. The van der Waals surface area contributed by atoms with E-state index < -0.39 is 0 Å². The van der Waals surface area contributed by atoms with Gasteiger partial charge < -0.3 is 10.2 Å². The summed E-state index contributed by atoms with van der Waals surface area (Å²) < 4.78 is 0. The molecule has 0 bridgehead atoms. The maximum absolute atomic E-state index is 12.1. The van der Waals surface area contributed by atoms with Crippen LogP contribution < -0.4 is 0 Å². The number of allylic oxidation sites excluding steroid dienone is 4. The monoisotopic (exact) mass is 392 g/mol. The third-order valence-corrected chi connectivity index (χ3v) is 8.46. The van der Waals surface area contributed by atoms with Gasteiger partial charge in [-0.15, -0.1) is 0 Å². The van der Waals surface area contributed by atoms with E-state index in [2.05, 4.69) is 31.2 Å². The Labute approximate surface area is 173 Å². The number of hydrogen-bond donors (Lipinski definition) is 2. The summed E-state index contributed by atoms with van der Waals surface area (Å²) in [6, 6.07) is 8.76. The molecule has 0 amide bonds. The molecule has 0 saturated heterocycles. The molecule has 3 heteroatoms. The maximum Gasteiger partial charge on any atom is 0.156 e. The predicted octanol–water partition coefficient (Wildman–Crippen LogP) is 4.48. The van der Waals surface area contributed by atoms with Crippen molar-refractivity contribution in [2.45, 2.75) is 70.3 Å². The lowest BCUT2D eigenvalue weighted by Crippen LogP contribution is -2.45. The summed E-state index contributed by atoms with van der Waals surface area (Å²) in [5.74, 6) is 1.70. The molecule has 0 aromatic heterocycles. The highest BCUT2D eigenvalue weighted by Crippen LogP contribution is 2.63. The summed E-state index contributed by atoms with van der Waals surface area (Å²) in [7, 11) is 0. The smallest absolute Gasteiger partial charge is 0.156 e. The topological polar surface area (TPSA) is 57.5 Å². The van der Waals surface area contributed by atoms with E-state index in [4.69, 9.17) is 0 Å². The van der Waals surface area contributed by atoms with E-state index in [0.29, 0.717) is 30.6 Å². The van der Waals surface area contributed by atoms with Crippen LogP contribution in [0.5, 0.6) is 0 Å². The number of aliphatic hydroxyl groups is 2. The Kier molecular flexibility index (Phi) is 4.79. The molecule has 2 N–H and O–H groups in total. The summed E-state index contributed by atoms with van der Waals surface area (Å²) in [6.07, 6.45) is 9.10. The first-order valence-corrected chi connectivity index (χ1v) is 11.4. The summed E-state index contributed by atoms with van der Waals surface area (Å²) in [4.78, 5) is 12.1. The van der Waals surface area contributed by atoms with Crippen LogP contribution in [0.15, 0.2) is 47.1 Å². The summed E-state index contributed by atoms with van der Waals surface area (Å²) in [6.45, 7) is 2.49. The van der Waals surface area contributed by atoms with Crippen LogP contribution in [0.2, 0.25) is 0 Å². The second kappa shape index (κ2) is 7.21. The van der Waals surface area contributed by atoms with Gasteiger partial charge >= 0.3 is 0 Å². The fraction of sp³-hybridized carbons (Fsp3) is 0.577. The van der Waals surface area contributed by atoms with Crippen molar-refractivity contribution in [3.63, 3.8) is 0 Å². The van der Waals surface area contributed by atoms with E-state index in [1.807, 2.05) is 6.08 Å². The van der Waals surface area contributed by atoms with Crippen molar-refractivity contribution < 1.29 is 15.0 Å². The Hall–Kier alpha value is -1.71. The molecule has 0 spiro atoms. The molecule has 4 aliphatic carbocycles. The third kappa shape index (κ3) is 3.05. The van der Waals surface area contributed by atoms with Crippen molar-refractivity contribution in [3.8, 4) is 0 Å². The van der Waals surface area contributed by atoms with Gasteiger partial charge in [0.1, 0.15) is 0 Å². The molecular weight excluding hydrogens is 360 g/mol. The van der Waals surface area contributed by atoms with Crippen molar-refractivity contribution in [1.29, 1.82) is 0 Å². The van der Waals surface area contributed by atoms with Gasteiger partial charge in [-0.25, -0.2) is 0 Å². The van der Waals surface area contributed by atoms with Gasteiger partial charge in [0.25, 0.3) is 0 Å².